The largest absolute Gasteiger partial charge is 0.384 e. The van der Waals surface area contributed by atoms with Gasteiger partial charge in [-0.05, 0) is 53.9 Å². The van der Waals surface area contributed by atoms with Crippen molar-refractivity contribution < 1.29 is 5.11 Å². The normalized spacial score (nSPS) is 12.6. The molecule has 2 nitrogen and oxygen atoms in total. The van der Waals surface area contributed by atoms with E-state index in [0.29, 0.717) is 0 Å². The Morgan fingerprint density at radius 1 is 1.10 bits per heavy atom. The van der Waals surface area contributed by atoms with E-state index in [1.807, 2.05) is 55.5 Å². The molecule has 3 aromatic rings. The quantitative estimate of drug-likeness (QED) is 0.757. The van der Waals surface area contributed by atoms with Gasteiger partial charge in [-0.15, -0.1) is 0 Å². The van der Waals surface area contributed by atoms with E-state index in [1.165, 1.54) is 0 Å². The van der Waals surface area contributed by atoms with Gasteiger partial charge in [-0.2, -0.15) is 0 Å². The van der Waals surface area contributed by atoms with Crippen LogP contribution in [-0.2, 0) is 0 Å². The van der Waals surface area contributed by atoms with Gasteiger partial charge in [0.2, 0.25) is 0 Å². The van der Waals surface area contributed by atoms with E-state index in [1.54, 1.807) is 6.20 Å². The highest BCUT2D eigenvalue weighted by Crippen LogP contribution is 2.28. The van der Waals surface area contributed by atoms with Crippen molar-refractivity contribution >= 4 is 26.8 Å². The van der Waals surface area contributed by atoms with Gasteiger partial charge >= 0.3 is 0 Å². The number of hydrogen-bond donors (Lipinski definition) is 1. The predicted octanol–water partition coefficient (Wildman–Crippen LogP) is 4.39. The Morgan fingerprint density at radius 2 is 1.95 bits per heavy atom. The molecular weight excluding hydrogens is 314 g/mol. The Kier molecular flexibility index (Phi) is 3.55. The third-order valence-corrected chi connectivity index (χ3v) is 3.97. The summed E-state index contributed by atoms with van der Waals surface area (Å²) in [7, 11) is 0. The van der Waals surface area contributed by atoms with Crippen LogP contribution in [-0.4, -0.2) is 10.1 Å². The second kappa shape index (κ2) is 5.35. The van der Waals surface area contributed by atoms with Crippen molar-refractivity contribution in [2.45, 2.75) is 13.0 Å². The molecule has 1 atom stereocenters. The highest BCUT2D eigenvalue weighted by molar-refractivity contribution is 9.10. The van der Waals surface area contributed by atoms with Crippen molar-refractivity contribution in [2.75, 3.05) is 0 Å². The van der Waals surface area contributed by atoms with E-state index in [2.05, 4.69) is 20.9 Å². The molecule has 100 valence electrons. The van der Waals surface area contributed by atoms with E-state index in [-0.39, 0.29) is 0 Å². The van der Waals surface area contributed by atoms with E-state index in [0.717, 1.165) is 32.1 Å². The fourth-order valence-corrected chi connectivity index (χ4v) is 2.73. The molecule has 0 saturated carbocycles. The first kappa shape index (κ1) is 13.3. The number of halogens is 1. The first-order chi connectivity index (χ1) is 9.65. The number of aryl methyl sites for hydroxylation is 1. The van der Waals surface area contributed by atoms with Gasteiger partial charge < -0.3 is 5.11 Å². The lowest BCUT2D eigenvalue weighted by atomic mass is 9.96. The number of nitrogens with zero attached hydrogens (tertiary/aromatic N) is 1. The lowest BCUT2D eigenvalue weighted by Crippen LogP contribution is -2.02. The summed E-state index contributed by atoms with van der Waals surface area (Å²) >= 11 is 3.46. The average Bonchev–Trinajstić information content (AvgIpc) is 2.48. The summed E-state index contributed by atoms with van der Waals surface area (Å²) in [6.45, 7) is 2.01. The Bertz CT molecular complexity index is 770. The number of fused-ring (bicyclic) bond motifs is 1. The van der Waals surface area contributed by atoms with Gasteiger partial charge in [0, 0.05) is 16.1 Å². The SMILES string of the molecule is Cc1ccc(Br)cc1C(O)c1ccc2ncccc2c1. The number of aliphatic hydroxyl groups is 1. The van der Waals surface area contributed by atoms with Crippen LogP contribution in [0.15, 0.2) is 59.2 Å². The molecule has 0 radical (unpaired) electrons. The predicted molar refractivity (Wildman–Crippen MR) is 84.7 cm³/mol. The van der Waals surface area contributed by atoms with Crippen molar-refractivity contribution in [3.63, 3.8) is 0 Å². The van der Waals surface area contributed by atoms with Crippen LogP contribution in [0.3, 0.4) is 0 Å². The number of benzene rings is 2. The molecule has 0 aliphatic rings. The molecule has 2 aromatic carbocycles. The summed E-state index contributed by atoms with van der Waals surface area (Å²) in [5, 5.41) is 11.7. The van der Waals surface area contributed by atoms with Crippen LogP contribution in [0.4, 0.5) is 0 Å². The number of aliphatic hydroxyl groups excluding tert-OH is 1. The molecule has 1 N–H and O–H groups in total. The fraction of sp³-hybridized carbons (Fsp3) is 0.118. The van der Waals surface area contributed by atoms with Gasteiger partial charge in [-0.1, -0.05) is 34.1 Å². The van der Waals surface area contributed by atoms with Gasteiger partial charge in [0.15, 0.2) is 0 Å². The van der Waals surface area contributed by atoms with Crippen molar-refractivity contribution in [1.29, 1.82) is 0 Å². The van der Waals surface area contributed by atoms with Crippen molar-refractivity contribution in [3.8, 4) is 0 Å². The molecule has 0 bridgehead atoms. The molecule has 0 fully saturated rings. The summed E-state index contributed by atoms with van der Waals surface area (Å²) in [5.41, 5.74) is 3.82. The molecule has 0 aliphatic carbocycles. The topological polar surface area (TPSA) is 33.1 Å². The minimum absolute atomic E-state index is 0.628. The third-order valence-electron chi connectivity index (χ3n) is 3.48. The zero-order chi connectivity index (χ0) is 14.1. The maximum atomic E-state index is 10.6. The zero-order valence-corrected chi connectivity index (χ0v) is 12.6. The average molecular weight is 328 g/mol. The molecule has 1 unspecified atom stereocenters. The summed E-state index contributed by atoms with van der Waals surface area (Å²) in [6.07, 6.45) is 1.15. The van der Waals surface area contributed by atoms with E-state index in [4.69, 9.17) is 0 Å². The Hall–Kier alpha value is -1.71. The molecule has 0 aliphatic heterocycles. The third kappa shape index (κ3) is 2.47. The minimum atomic E-state index is -0.628. The molecule has 3 heteroatoms. The zero-order valence-electron chi connectivity index (χ0n) is 11.0. The second-order valence-electron chi connectivity index (χ2n) is 4.86. The van der Waals surface area contributed by atoms with Crippen LogP contribution in [0.2, 0.25) is 0 Å². The Balaban J connectivity index is 2.07. The number of rotatable bonds is 2. The van der Waals surface area contributed by atoms with E-state index >= 15 is 0 Å². The van der Waals surface area contributed by atoms with Crippen LogP contribution < -0.4 is 0 Å². The molecule has 0 spiro atoms. The number of pyridine rings is 1. The summed E-state index contributed by atoms with van der Waals surface area (Å²) < 4.78 is 0.972. The lowest BCUT2D eigenvalue weighted by molar-refractivity contribution is 0.219. The van der Waals surface area contributed by atoms with Crippen LogP contribution in [0.5, 0.6) is 0 Å². The summed E-state index contributed by atoms with van der Waals surface area (Å²) in [5.74, 6) is 0. The standard InChI is InChI=1S/C17H14BrNO/c1-11-4-6-14(18)10-15(11)17(20)13-5-7-16-12(9-13)3-2-8-19-16/h2-10,17,20H,1H3. The first-order valence-electron chi connectivity index (χ1n) is 6.44. The highest BCUT2D eigenvalue weighted by Gasteiger charge is 2.13. The van der Waals surface area contributed by atoms with Crippen LogP contribution in [0.25, 0.3) is 10.9 Å². The van der Waals surface area contributed by atoms with Crippen molar-refractivity contribution in [2.24, 2.45) is 0 Å². The van der Waals surface area contributed by atoms with Gasteiger partial charge in [-0.25, -0.2) is 0 Å². The number of aromatic nitrogens is 1. The smallest absolute Gasteiger partial charge is 0.104 e. The molecule has 3 rings (SSSR count). The van der Waals surface area contributed by atoms with Gasteiger partial charge in [0.05, 0.1) is 5.52 Å². The highest BCUT2D eigenvalue weighted by atomic mass is 79.9. The van der Waals surface area contributed by atoms with E-state index < -0.39 is 6.10 Å². The summed E-state index contributed by atoms with van der Waals surface area (Å²) in [6, 6.07) is 15.7. The molecule has 0 saturated heterocycles. The molecular formula is C17H14BrNO. The molecule has 20 heavy (non-hydrogen) atoms. The number of hydrogen-bond acceptors (Lipinski definition) is 2. The summed E-state index contributed by atoms with van der Waals surface area (Å²) in [4.78, 5) is 4.30. The Morgan fingerprint density at radius 3 is 2.80 bits per heavy atom. The van der Waals surface area contributed by atoms with E-state index in [9.17, 15) is 5.11 Å². The molecule has 1 heterocycles. The molecule has 0 amide bonds. The van der Waals surface area contributed by atoms with Crippen LogP contribution in [0, 0.1) is 6.92 Å². The minimum Gasteiger partial charge on any atom is -0.384 e. The fourth-order valence-electron chi connectivity index (χ4n) is 2.35. The van der Waals surface area contributed by atoms with Crippen molar-refractivity contribution in [3.05, 3.63) is 75.9 Å². The molecule has 1 aromatic heterocycles. The van der Waals surface area contributed by atoms with Gasteiger partial charge in [0.1, 0.15) is 6.10 Å². The Labute approximate surface area is 126 Å². The maximum absolute atomic E-state index is 10.6. The monoisotopic (exact) mass is 327 g/mol. The van der Waals surface area contributed by atoms with Crippen molar-refractivity contribution in [1.82, 2.24) is 4.98 Å². The van der Waals surface area contributed by atoms with Gasteiger partial charge in [0.25, 0.3) is 0 Å². The second-order valence-corrected chi connectivity index (χ2v) is 5.77. The van der Waals surface area contributed by atoms with Gasteiger partial charge in [-0.3, -0.25) is 4.98 Å². The maximum Gasteiger partial charge on any atom is 0.104 e. The first-order valence-corrected chi connectivity index (χ1v) is 7.23. The lowest BCUT2D eigenvalue weighted by Gasteiger charge is -2.15. The van der Waals surface area contributed by atoms with Crippen LogP contribution >= 0.6 is 15.9 Å². The van der Waals surface area contributed by atoms with Crippen LogP contribution in [0.1, 0.15) is 22.8 Å².